The van der Waals surface area contributed by atoms with Crippen LogP contribution in [0.5, 0.6) is 0 Å². The second kappa shape index (κ2) is 8.94. The van der Waals surface area contributed by atoms with Crippen LogP contribution in [0.15, 0.2) is 11.1 Å². The zero-order chi connectivity index (χ0) is 19.1. The summed E-state index contributed by atoms with van der Waals surface area (Å²) in [7, 11) is 0. The molecule has 2 aromatic heterocycles. The van der Waals surface area contributed by atoms with Crippen molar-refractivity contribution in [3.05, 3.63) is 16.7 Å². The van der Waals surface area contributed by atoms with Gasteiger partial charge in [-0.05, 0) is 0 Å². The lowest BCUT2D eigenvalue weighted by molar-refractivity contribution is -0.163. The number of imidazole rings is 1. The van der Waals surface area contributed by atoms with Gasteiger partial charge in [0.05, 0.1) is 12.9 Å². The Morgan fingerprint density at radius 2 is 2.00 bits per heavy atom. The van der Waals surface area contributed by atoms with Crippen LogP contribution in [0.3, 0.4) is 0 Å². The SMILES string of the molecule is CCC(=O)OC[C@H](COCn1cnc2c(=O)[nH]c(N)nc21)OC(=O)CC. The van der Waals surface area contributed by atoms with E-state index < -0.39 is 23.6 Å². The van der Waals surface area contributed by atoms with Crippen LogP contribution in [0, 0.1) is 0 Å². The highest BCUT2D eigenvalue weighted by Gasteiger charge is 2.17. The van der Waals surface area contributed by atoms with Gasteiger partial charge in [0, 0.05) is 12.8 Å². The third-order valence-electron chi connectivity index (χ3n) is 3.33. The van der Waals surface area contributed by atoms with E-state index in [1.807, 2.05) is 0 Å². The summed E-state index contributed by atoms with van der Waals surface area (Å²) in [4.78, 5) is 44.8. The molecule has 11 nitrogen and oxygen atoms in total. The molecule has 0 saturated heterocycles. The Labute approximate surface area is 148 Å². The molecule has 0 amide bonds. The monoisotopic (exact) mass is 367 g/mol. The van der Waals surface area contributed by atoms with Crippen LogP contribution in [0.1, 0.15) is 26.7 Å². The molecule has 26 heavy (non-hydrogen) atoms. The summed E-state index contributed by atoms with van der Waals surface area (Å²) in [5.41, 5.74) is 5.48. The number of rotatable bonds is 9. The normalized spacial score (nSPS) is 12.1. The summed E-state index contributed by atoms with van der Waals surface area (Å²) < 4.78 is 17.2. The average molecular weight is 367 g/mol. The van der Waals surface area contributed by atoms with E-state index in [-0.39, 0.29) is 49.9 Å². The van der Waals surface area contributed by atoms with Gasteiger partial charge in [-0.25, -0.2) is 4.98 Å². The number of esters is 2. The number of H-pyrrole nitrogens is 1. The maximum absolute atomic E-state index is 11.7. The molecule has 1 atom stereocenters. The number of carbonyl (C=O) groups excluding carboxylic acids is 2. The van der Waals surface area contributed by atoms with Crippen molar-refractivity contribution in [2.75, 3.05) is 18.9 Å². The van der Waals surface area contributed by atoms with E-state index in [0.717, 1.165) is 0 Å². The van der Waals surface area contributed by atoms with Crippen molar-refractivity contribution in [2.45, 2.75) is 39.5 Å². The molecule has 0 fully saturated rings. The van der Waals surface area contributed by atoms with Crippen molar-refractivity contribution in [3.63, 3.8) is 0 Å². The number of aromatic nitrogens is 4. The Balaban J connectivity index is 1.98. The quantitative estimate of drug-likeness (QED) is 0.581. The Bertz CT molecular complexity index is 830. The first-order valence-electron chi connectivity index (χ1n) is 8.08. The van der Waals surface area contributed by atoms with Crippen molar-refractivity contribution >= 4 is 29.1 Å². The van der Waals surface area contributed by atoms with Crippen LogP contribution >= 0.6 is 0 Å². The fourth-order valence-electron chi connectivity index (χ4n) is 2.02. The average Bonchev–Trinajstić information content (AvgIpc) is 3.02. The predicted molar refractivity (Wildman–Crippen MR) is 89.9 cm³/mol. The molecule has 2 rings (SSSR count). The summed E-state index contributed by atoms with van der Waals surface area (Å²) in [6.45, 7) is 3.20. The molecule has 0 spiro atoms. The Kier molecular flexibility index (Phi) is 6.67. The Morgan fingerprint density at radius 1 is 1.27 bits per heavy atom. The molecule has 0 saturated carbocycles. The fraction of sp³-hybridized carbons (Fsp3) is 0.533. The van der Waals surface area contributed by atoms with Crippen LogP contribution in [-0.4, -0.2) is 50.8 Å². The molecule has 142 valence electrons. The van der Waals surface area contributed by atoms with E-state index in [9.17, 15) is 14.4 Å². The number of aromatic amines is 1. The largest absolute Gasteiger partial charge is 0.462 e. The molecule has 11 heteroatoms. The highest BCUT2D eigenvalue weighted by Crippen LogP contribution is 2.07. The van der Waals surface area contributed by atoms with Gasteiger partial charge in [-0.3, -0.25) is 23.9 Å². The molecule has 0 aliphatic heterocycles. The number of hydrogen-bond donors (Lipinski definition) is 2. The summed E-state index contributed by atoms with van der Waals surface area (Å²) >= 11 is 0. The zero-order valence-electron chi connectivity index (χ0n) is 14.6. The third kappa shape index (κ3) is 5.02. The van der Waals surface area contributed by atoms with Gasteiger partial charge < -0.3 is 19.9 Å². The van der Waals surface area contributed by atoms with E-state index >= 15 is 0 Å². The van der Waals surface area contributed by atoms with Gasteiger partial charge in [-0.1, -0.05) is 13.8 Å². The van der Waals surface area contributed by atoms with Gasteiger partial charge in [0.2, 0.25) is 5.95 Å². The standard InChI is InChI=1S/C15H21N5O6/c1-3-10(21)25-6-9(26-11(22)4-2)5-24-8-20-7-17-12-13(20)18-15(16)19-14(12)23/h7,9H,3-6,8H2,1-2H3,(H3,16,18,19,23)/t9-/m0/s1. The molecular weight excluding hydrogens is 346 g/mol. The molecule has 0 aliphatic rings. The Hall–Kier alpha value is -2.95. The molecular formula is C15H21N5O6. The molecule has 3 N–H and O–H groups in total. The van der Waals surface area contributed by atoms with Crippen molar-refractivity contribution in [1.82, 2.24) is 19.5 Å². The van der Waals surface area contributed by atoms with Crippen LogP contribution in [0.25, 0.3) is 11.2 Å². The number of nitrogens with zero attached hydrogens (tertiary/aromatic N) is 3. The number of carbonyl (C=O) groups is 2. The molecule has 2 aromatic rings. The number of anilines is 1. The van der Waals surface area contributed by atoms with Crippen LogP contribution in [0.4, 0.5) is 5.95 Å². The summed E-state index contributed by atoms with van der Waals surface area (Å²) in [6, 6.07) is 0. The van der Waals surface area contributed by atoms with Gasteiger partial charge in [-0.15, -0.1) is 0 Å². The minimum absolute atomic E-state index is 0.00566. The molecule has 0 aromatic carbocycles. The summed E-state index contributed by atoms with van der Waals surface area (Å²) in [6.07, 6.45) is 1.05. The van der Waals surface area contributed by atoms with Crippen LogP contribution < -0.4 is 11.3 Å². The highest BCUT2D eigenvalue weighted by atomic mass is 16.6. The molecule has 0 aliphatic carbocycles. The van der Waals surface area contributed by atoms with Gasteiger partial charge in [-0.2, -0.15) is 4.98 Å². The van der Waals surface area contributed by atoms with E-state index in [1.165, 1.54) is 10.9 Å². The first kappa shape index (κ1) is 19.4. The van der Waals surface area contributed by atoms with Crippen LogP contribution in [0.2, 0.25) is 0 Å². The predicted octanol–water partition coefficient (Wildman–Crippen LogP) is -0.0491. The second-order valence-corrected chi connectivity index (χ2v) is 5.34. The second-order valence-electron chi connectivity index (χ2n) is 5.34. The number of ether oxygens (including phenoxy) is 3. The fourth-order valence-corrected chi connectivity index (χ4v) is 2.02. The zero-order valence-corrected chi connectivity index (χ0v) is 14.6. The maximum Gasteiger partial charge on any atom is 0.305 e. The van der Waals surface area contributed by atoms with Gasteiger partial charge in [0.15, 0.2) is 17.3 Å². The molecule has 2 heterocycles. The van der Waals surface area contributed by atoms with Gasteiger partial charge >= 0.3 is 11.9 Å². The number of hydrogen-bond acceptors (Lipinski definition) is 9. The lowest BCUT2D eigenvalue weighted by atomic mass is 10.4. The lowest BCUT2D eigenvalue weighted by Gasteiger charge is -2.18. The van der Waals surface area contributed by atoms with Gasteiger partial charge in [0.25, 0.3) is 5.56 Å². The summed E-state index contributed by atoms with van der Waals surface area (Å²) in [5, 5.41) is 0. The van der Waals surface area contributed by atoms with E-state index in [4.69, 9.17) is 19.9 Å². The van der Waals surface area contributed by atoms with Crippen molar-refractivity contribution in [3.8, 4) is 0 Å². The van der Waals surface area contributed by atoms with E-state index in [0.29, 0.717) is 0 Å². The minimum atomic E-state index is -0.742. The van der Waals surface area contributed by atoms with Crippen molar-refractivity contribution in [1.29, 1.82) is 0 Å². The lowest BCUT2D eigenvalue weighted by Crippen LogP contribution is -2.29. The number of fused-ring (bicyclic) bond motifs is 1. The topological polar surface area (TPSA) is 151 Å². The maximum atomic E-state index is 11.7. The number of nitrogens with two attached hydrogens (primary N) is 1. The minimum Gasteiger partial charge on any atom is -0.462 e. The van der Waals surface area contributed by atoms with Crippen molar-refractivity contribution in [2.24, 2.45) is 0 Å². The van der Waals surface area contributed by atoms with E-state index in [1.54, 1.807) is 13.8 Å². The molecule has 0 bridgehead atoms. The smallest absolute Gasteiger partial charge is 0.305 e. The third-order valence-corrected chi connectivity index (χ3v) is 3.33. The van der Waals surface area contributed by atoms with Crippen LogP contribution in [-0.2, 0) is 30.5 Å². The molecule has 0 radical (unpaired) electrons. The first-order valence-corrected chi connectivity index (χ1v) is 8.08. The van der Waals surface area contributed by atoms with Gasteiger partial charge in [0.1, 0.15) is 13.3 Å². The van der Waals surface area contributed by atoms with E-state index in [2.05, 4.69) is 15.0 Å². The number of nitrogen functional groups attached to an aromatic ring is 1. The summed E-state index contributed by atoms with van der Waals surface area (Å²) in [5.74, 6) is -0.868. The number of nitrogens with one attached hydrogen (secondary N) is 1. The molecule has 0 unspecified atom stereocenters. The Morgan fingerprint density at radius 3 is 2.69 bits per heavy atom. The van der Waals surface area contributed by atoms with Crippen molar-refractivity contribution < 1.29 is 23.8 Å². The highest BCUT2D eigenvalue weighted by molar-refractivity contribution is 5.70. The first-order chi connectivity index (χ1) is 12.4.